The van der Waals surface area contributed by atoms with E-state index < -0.39 is 57.7 Å². The summed E-state index contributed by atoms with van der Waals surface area (Å²) in [7, 11) is 0. The zero-order chi connectivity index (χ0) is 24.5. The number of cyclic esters (lactones) is 1. The molecule has 34 heavy (non-hydrogen) atoms. The van der Waals surface area contributed by atoms with Gasteiger partial charge < -0.3 is 23.7 Å². The van der Waals surface area contributed by atoms with Gasteiger partial charge in [0.25, 0.3) is 0 Å². The van der Waals surface area contributed by atoms with Crippen LogP contribution in [0.4, 0.5) is 0 Å². The number of Topliss-reactive ketones (excluding diaryl/α,β-unsaturated/α-hetero) is 1. The second-order valence-corrected chi connectivity index (χ2v) is 12.2. The Morgan fingerprint density at radius 2 is 1.82 bits per heavy atom. The van der Waals surface area contributed by atoms with Crippen LogP contribution in [0.5, 0.6) is 0 Å². The summed E-state index contributed by atoms with van der Waals surface area (Å²) in [6, 6.07) is 1.80. The molecule has 1 N–H and O–H groups in total. The van der Waals surface area contributed by atoms with Gasteiger partial charge in [0.15, 0.2) is 6.10 Å². The highest BCUT2D eigenvalue weighted by atomic mass is 16.7. The number of fused-ring (bicyclic) bond motifs is 3. The number of carboxylic acids is 1. The zero-order valence-electron chi connectivity index (χ0n) is 20.3. The third-order valence-electron chi connectivity index (χ3n) is 10.6. The number of ketones is 1. The van der Waals surface area contributed by atoms with Gasteiger partial charge in [-0.05, 0) is 45.6 Å². The first kappa shape index (κ1) is 22.3. The standard InChI is InChI=1S/C26H32O8/c1-22(2)15-10-16(27)25(5)14(24(15,4)17(33-22)11-18(28)29)6-8-23(3)19(13-7-9-31-12-13)32-21(30)20-26(23,25)34-20/h7,9,12,14-15,17,19-20H,6,8,10-11H2,1-5H3,(H,28,29)/t14-,15-,17-,19-,20+,23-,24+,25-,26+/m0/s1. The van der Waals surface area contributed by atoms with Crippen molar-refractivity contribution in [3.63, 3.8) is 0 Å². The lowest BCUT2D eigenvalue weighted by Crippen LogP contribution is -2.71. The van der Waals surface area contributed by atoms with E-state index in [1.54, 1.807) is 18.6 Å². The van der Waals surface area contributed by atoms with E-state index in [2.05, 4.69) is 13.8 Å². The first-order valence-electron chi connectivity index (χ1n) is 12.2. The number of carboxylic acid groups (broad SMARTS) is 1. The Bertz CT molecular complexity index is 1090. The maximum Gasteiger partial charge on any atom is 0.339 e. The maximum atomic E-state index is 14.2. The molecule has 0 radical (unpaired) electrons. The summed E-state index contributed by atoms with van der Waals surface area (Å²) in [6.45, 7) is 10.0. The fourth-order valence-electron chi connectivity index (χ4n) is 9.09. The quantitative estimate of drug-likeness (QED) is 0.523. The van der Waals surface area contributed by atoms with Crippen LogP contribution in [0, 0.1) is 28.1 Å². The average molecular weight is 473 g/mol. The van der Waals surface area contributed by atoms with Crippen LogP contribution in [0.15, 0.2) is 23.0 Å². The van der Waals surface area contributed by atoms with Crippen LogP contribution < -0.4 is 0 Å². The van der Waals surface area contributed by atoms with E-state index >= 15 is 0 Å². The SMILES string of the molecule is CC1(C)O[C@@H](CC(=O)O)[C@@]2(C)[C@H]1CC(=O)[C@]1(C)[C@H]2CC[C@@]2(C)[C@H](c3ccoc3)OC(=O)[C@H]3O[C@]321. The van der Waals surface area contributed by atoms with Crippen LogP contribution in [-0.2, 0) is 28.6 Å². The molecule has 1 aromatic heterocycles. The van der Waals surface area contributed by atoms with Gasteiger partial charge in [-0.1, -0.05) is 13.8 Å². The van der Waals surface area contributed by atoms with Crippen molar-refractivity contribution in [3.8, 4) is 0 Å². The number of rotatable bonds is 3. The average Bonchev–Trinajstić information content (AvgIpc) is 3.25. The van der Waals surface area contributed by atoms with Gasteiger partial charge in [0.2, 0.25) is 0 Å². The normalized spacial score (nSPS) is 50.4. The molecule has 3 aliphatic heterocycles. The van der Waals surface area contributed by atoms with Crippen molar-refractivity contribution < 1.29 is 38.1 Å². The van der Waals surface area contributed by atoms with Gasteiger partial charge in [-0.25, -0.2) is 4.79 Å². The fourth-order valence-corrected chi connectivity index (χ4v) is 9.09. The fraction of sp³-hybridized carbons (Fsp3) is 0.731. The number of ether oxygens (including phenoxy) is 3. The molecule has 2 saturated carbocycles. The topological polar surface area (TPSA) is 116 Å². The Labute approximate surface area is 198 Å². The van der Waals surface area contributed by atoms with Crippen LogP contribution in [0.2, 0.25) is 0 Å². The van der Waals surface area contributed by atoms with E-state index in [9.17, 15) is 19.5 Å². The smallest absolute Gasteiger partial charge is 0.339 e. The van der Waals surface area contributed by atoms with Gasteiger partial charge in [0.1, 0.15) is 17.5 Å². The predicted octanol–water partition coefficient (Wildman–Crippen LogP) is 3.69. The number of esters is 1. The molecule has 0 aromatic carbocycles. The number of hydrogen-bond acceptors (Lipinski definition) is 7. The molecule has 3 saturated heterocycles. The van der Waals surface area contributed by atoms with E-state index in [-0.39, 0.29) is 30.5 Å². The summed E-state index contributed by atoms with van der Waals surface area (Å²) >= 11 is 0. The largest absolute Gasteiger partial charge is 0.481 e. The van der Waals surface area contributed by atoms with E-state index in [0.29, 0.717) is 12.8 Å². The Hall–Kier alpha value is -2.19. The first-order valence-corrected chi connectivity index (χ1v) is 12.2. The van der Waals surface area contributed by atoms with Crippen molar-refractivity contribution in [2.45, 2.75) is 89.8 Å². The van der Waals surface area contributed by atoms with Crippen molar-refractivity contribution in [1.29, 1.82) is 0 Å². The van der Waals surface area contributed by atoms with Crippen molar-refractivity contribution in [2.75, 3.05) is 0 Å². The van der Waals surface area contributed by atoms with Gasteiger partial charge in [0.05, 0.1) is 36.1 Å². The number of carbonyl (C=O) groups is 3. The van der Waals surface area contributed by atoms with E-state index in [1.807, 2.05) is 20.8 Å². The molecule has 1 spiro atoms. The lowest BCUT2D eigenvalue weighted by atomic mass is 9.37. The van der Waals surface area contributed by atoms with Gasteiger partial charge >= 0.3 is 11.9 Å². The van der Waals surface area contributed by atoms with E-state index in [1.165, 1.54) is 0 Å². The van der Waals surface area contributed by atoms with Crippen LogP contribution in [-0.4, -0.2) is 46.2 Å². The molecule has 4 heterocycles. The lowest BCUT2D eigenvalue weighted by molar-refractivity contribution is -0.211. The number of epoxide rings is 1. The highest BCUT2D eigenvalue weighted by Crippen LogP contribution is 2.79. The van der Waals surface area contributed by atoms with Crippen molar-refractivity contribution >= 4 is 17.7 Å². The van der Waals surface area contributed by atoms with E-state index in [4.69, 9.17) is 18.6 Å². The van der Waals surface area contributed by atoms with Gasteiger partial charge in [0, 0.05) is 28.7 Å². The molecule has 0 amide bonds. The Kier molecular flexibility index (Phi) is 4.14. The summed E-state index contributed by atoms with van der Waals surface area (Å²) < 4.78 is 23.9. The van der Waals surface area contributed by atoms with Crippen LogP contribution in [0.25, 0.3) is 0 Å². The Balaban J connectivity index is 1.51. The third-order valence-corrected chi connectivity index (χ3v) is 10.6. The predicted molar refractivity (Wildman–Crippen MR) is 117 cm³/mol. The molecule has 8 heteroatoms. The molecule has 6 rings (SSSR count). The lowest BCUT2D eigenvalue weighted by Gasteiger charge is -2.64. The van der Waals surface area contributed by atoms with Crippen molar-refractivity contribution in [2.24, 2.45) is 28.1 Å². The highest BCUT2D eigenvalue weighted by Gasteiger charge is 2.89. The van der Waals surface area contributed by atoms with E-state index in [0.717, 1.165) is 5.56 Å². The van der Waals surface area contributed by atoms with Crippen LogP contribution in [0.1, 0.15) is 72.0 Å². The molecule has 0 unspecified atom stereocenters. The second-order valence-electron chi connectivity index (χ2n) is 12.2. The molecule has 0 bridgehead atoms. The molecule has 8 nitrogen and oxygen atoms in total. The minimum atomic E-state index is -1.01. The van der Waals surface area contributed by atoms with Gasteiger partial charge in [-0.15, -0.1) is 0 Å². The summed E-state index contributed by atoms with van der Waals surface area (Å²) in [5, 5.41) is 9.68. The molecule has 5 fully saturated rings. The molecular formula is C26H32O8. The zero-order valence-corrected chi connectivity index (χ0v) is 20.3. The highest BCUT2D eigenvalue weighted by molar-refractivity contribution is 5.93. The minimum Gasteiger partial charge on any atom is -0.481 e. The van der Waals surface area contributed by atoms with Crippen LogP contribution >= 0.6 is 0 Å². The second kappa shape index (κ2) is 6.32. The molecule has 184 valence electrons. The molecule has 9 atom stereocenters. The van der Waals surface area contributed by atoms with Crippen molar-refractivity contribution in [3.05, 3.63) is 24.2 Å². The third kappa shape index (κ3) is 2.25. The number of hydrogen-bond donors (Lipinski definition) is 1. The Morgan fingerprint density at radius 3 is 2.47 bits per heavy atom. The molecule has 1 aromatic rings. The monoisotopic (exact) mass is 472 g/mol. The maximum absolute atomic E-state index is 14.2. The Morgan fingerprint density at radius 1 is 1.09 bits per heavy atom. The molecule has 2 aliphatic carbocycles. The molecular weight excluding hydrogens is 440 g/mol. The van der Waals surface area contributed by atoms with Crippen molar-refractivity contribution in [1.82, 2.24) is 0 Å². The first-order chi connectivity index (χ1) is 15.8. The van der Waals surface area contributed by atoms with Gasteiger partial charge in [-0.3, -0.25) is 9.59 Å². The minimum absolute atomic E-state index is 0.0710. The number of carbonyl (C=O) groups excluding carboxylic acids is 2. The summed E-state index contributed by atoms with van der Waals surface area (Å²) in [4.78, 5) is 39.1. The summed E-state index contributed by atoms with van der Waals surface area (Å²) in [5.41, 5.74) is -3.03. The van der Waals surface area contributed by atoms with Gasteiger partial charge in [-0.2, -0.15) is 0 Å². The summed E-state index contributed by atoms with van der Waals surface area (Å²) in [5.74, 6) is -1.60. The van der Waals surface area contributed by atoms with Crippen LogP contribution in [0.3, 0.4) is 0 Å². The molecule has 5 aliphatic rings. The number of aliphatic carboxylic acids is 1. The summed E-state index contributed by atoms with van der Waals surface area (Å²) in [6.07, 6.45) is 2.74. The number of furan rings is 1.